The van der Waals surface area contributed by atoms with Crippen molar-refractivity contribution in [3.8, 4) is 6.07 Å². The van der Waals surface area contributed by atoms with Crippen LogP contribution in [0.25, 0.3) is 0 Å². The van der Waals surface area contributed by atoms with E-state index in [1.807, 2.05) is 0 Å². The minimum atomic E-state index is -0.320. The summed E-state index contributed by atoms with van der Waals surface area (Å²) in [5, 5.41) is 18.5. The highest BCUT2D eigenvalue weighted by atomic mass is 19.1. The van der Waals surface area contributed by atoms with E-state index in [0.29, 0.717) is 23.7 Å². The van der Waals surface area contributed by atoms with Gasteiger partial charge in [0.05, 0.1) is 18.2 Å². The molecular weight excluding hydrogens is 243 g/mol. The first-order valence-corrected chi connectivity index (χ1v) is 6.71. The molecule has 0 bridgehead atoms. The van der Waals surface area contributed by atoms with E-state index in [4.69, 9.17) is 5.26 Å². The molecule has 0 spiro atoms. The largest absolute Gasteiger partial charge is 0.395 e. The van der Waals surface area contributed by atoms with Gasteiger partial charge in [0.1, 0.15) is 5.82 Å². The number of hydrogen-bond acceptors (Lipinski definition) is 3. The van der Waals surface area contributed by atoms with Crippen molar-refractivity contribution in [2.75, 3.05) is 6.61 Å². The summed E-state index contributed by atoms with van der Waals surface area (Å²) in [6.45, 7) is 2.75. The predicted molar refractivity (Wildman–Crippen MR) is 70.8 cm³/mol. The molecule has 3 nitrogen and oxygen atoms in total. The van der Waals surface area contributed by atoms with Crippen LogP contribution in [-0.4, -0.2) is 28.7 Å². The Bertz CT molecular complexity index is 484. The van der Waals surface area contributed by atoms with Crippen LogP contribution in [0.5, 0.6) is 0 Å². The number of rotatable bonds is 3. The number of benzene rings is 1. The summed E-state index contributed by atoms with van der Waals surface area (Å²) in [7, 11) is 0. The fourth-order valence-corrected chi connectivity index (χ4v) is 2.82. The summed E-state index contributed by atoms with van der Waals surface area (Å²) < 4.78 is 13.3. The number of aliphatic hydroxyl groups is 1. The van der Waals surface area contributed by atoms with Crippen molar-refractivity contribution >= 4 is 0 Å². The van der Waals surface area contributed by atoms with Crippen LogP contribution in [0.2, 0.25) is 0 Å². The highest BCUT2D eigenvalue weighted by Gasteiger charge is 2.27. The second kappa shape index (κ2) is 6.14. The van der Waals surface area contributed by atoms with Gasteiger partial charge in [0.2, 0.25) is 0 Å². The number of aliphatic hydroxyl groups excluding tert-OH is 1. The summed E-state index contributed by atoms with van der Waals surface area (Å²) in [5.41, 5.74) is 1.21. The van der Waals surface area contributed by atoms with Crippen LogP contribution in [0.15, 0.2) is 18.2 Å². The summed E-state index contributed by atoms with van der Waals surface area (Å²) in [5.74, 6) is -0.320. The third-order valence-corrected chi connectivity index (χ3v) is 3.95. The zero-order valence-corrected chi connectivity index (χ0v) is 11.1. The Morgan fingerprint density at radius 2 is 2.26 bits per heavy atom. The lowest BCUT2D eigenvalue weighted by Crippen LogP contribution is -2.46. The minimum Gasteiger partial charge on any atom is -0.395 e. The molecule has 1 N–H and O–H groups in total. The number of piperidine rings is 1. The summed E-state index contributed by atoms with van der Waals surface area (Å²) in [6.07, 6.45) is 3.14. The lowest BCUT2D eigenvalue weighted by Gasteiger charge is -2.40. The van der Waals surface area contributed by atoms with E-state index in [0.717, 1.165) is 19.3 Å². The van der Waals surface area contributed by atoms with Gasteiger partial charge in [-0.25, -0.2) is 4.39 Å². The average Bonchev–Trinajstić information content (AvgIpc) is 2.41. The van der Waals surface area contributed by atoms with E-state index < -0.39 is 0 Å². The first-order valence-electron chi connectivity index (χ1n) is 6.71. The highest BCUT2D eigenvalue weighted by Crippen LogP contribution is 2.25. The number of hydrogen-bond donors (Lipinski definition) is 1. The summed E-state index contributed by atoms with van der Waals surface area (Å²) >= 11 is 0. The average molecular weight is 262 g/mol. The van der Waals surface area contributed by atoms with Gasteiger partial charge in [-0.15, -0.1) is 0 Å². The topological polar surface area (TPSA) is 47.3 Å². The molecule has 0 aromatic heterocycles. The molecule has 0 radical (unpaired) electrons. The Labute approximate surface area is 113 Å². The quantitative estimate of drug-likeness (QED) is 0.910. The van der Waals surface area contributed by atoms with Crippen LogP contribution in [0, 0.1) is 17.1 Å². The maximum Gasteiger partial charge on any atom is 0.123 e. The van der Waals surface area contributed by atoms with Crippen LogP contribution in [0.3, 0.4) is 0 Å². The minimum absolute atomic E-state index is 0.110. The van der Waals surface area contributed by atoms with Gasteiger partial charge in [-0.2, -0.15) is 5.26 Å². The highest BCUT2D eigenvalue weighted by molar-refractivity contribution is 5.37. The van der Waals surface area contributed by atoms with Gasteiger partial charge >= 0.3 is 0 Å². The van der Waals surface area contributed by atoms with Crippen molar-refractivity contribution in [2.45, 2.75) is 44.8 Å². The van der Waals surface area contributed by atoms with Crippen LogP contribution in [0.4, 0.5) is 4.39 Å². The Morgan fingerprint density at radius 1 is 1.47 bits per heavy atom. The SMILES string of the molecule is CC1CCCC(CO)N1Cc1cc(F)ccc1C#N. The smallest absolute Gasteiger partial charge is 0.123 e. The van der Waals surface area contributed by atoms with E-state index in [-0.39, 0.29) is 18.5 Å². The van der Waals surface area contributed by atoms with Gasteiger partial charge in [0.25, 0.3) is 0 Å². The van der Waals surface area contributed by atoms with E-state index >= 15 is 0 Å². The van der Waals surface area contributed by atoms with Gasteiger partial charge in [0, 0.05) is 18.6 Å². The van der Waals surface area contributed by atoms with Crippen molar-refractivity contribution in [3.63, 3.8) is 0 Å². The first-order chi connectivity index (χ1) is 9.15. The molecule has 1 aliphatic rings. The Hall–Kier alpha value is -1.44. The molecule has 1 fully saturated rings. The molecule has 102 valence electrons. The van der Waals surface area contributed by atoms with Gasteiger partial charge in [0.15, 0.2) is 0 Å². The second-order valence-corrected chi connectivity index (χ2v) is 5.20. The first kappa shape index (κ1) is 14.0. The molecule has 1 aromatic rings. The molecule has 2 atom stereocenters. The second-order valence-electron chi connectivity index (χ2n) is 5.20. The van der Waals surface area contributed by atoms with Gasteiger partial charge in [-0.3, -0.25) is 4.90 Å². The van der Waals surface area contributed by atoms with Gasteiger partial charge < -0.3 is 5.11 Å². The van der Waals surface area contributed by atoms with Gasteiger partial charge in [-0.05, 0) is 43.5 Å². The zero-order chi connectivity index (χ0) is 13.8. The molecule has 0 saturated carbocycles. The van der Waals surface area contributed by atoms with E-state index in [9.17, 15) is 9.50 Å². The van der Waals surface area contributed by atoms with Crippen LogP contribution in [-0.2, 0) is 6.54 Å². The molecule has 4 heteroatoms. The fraction of sp³-hybridized carbons (Fsp3) is 0.533. The molecule has 1 aliphatic heterocycles. The van der Waals surface area contributed by atoms with E-state index in [1.165, 1.54) is 18.2 Å². The molecule has 1 saturated heterocycles. The third-order valence-electron chi connectivity index (χ3n) is 3.95. The molecule has 0 aliphatic carbocycles. The maximum atomic E-state index is 13.3. The van der Waals surface area contributed by atoms with Crippen molar-refractivity contribution in [3.05, 3.63) is 35.1 Å². The van der Waals surface area contributed by atoms with Crippen LogP contribution < -0.4 is 0 Å². The number of halogens is 1. The number of nitriles is 1. The Morgan fingerprint density at radius 3 is 2.95 bits per heavy atom. The molecular formula is C15H19FN2O. The van der Waals surface area contributed by atoms with Crippen LogP contribution in [0.1, 0.15) is 37.3 Å². The summed E-state index contributed by atoms with van der Waals surface area (Å²) in [6, 6.07) is 6.82. The molecule has 2 unspecified atom stereocenters. The van der Waals surface area contributed by atoms with Crippen molar-refractivity contribution in [1.82, 2.24) is 4.90 Å². The van der Waals surface area contributed by atoms with Crippen molar-refractivity contribution in [1.29, 1.82) is 5.26 Å². The fourth-order valence-electron chi connectivity index (χ4n) is 2.82. The van der Waals surface area contributed by atoms with E-state index in [1.54, 1.807) is 0 Å². The lowest BCUT2D eigenvalue weighted by atomic mass is 9.95. The normalized spacial score (nSPS) is 24.1. The number of nitrogens with zero attached hydrogens (tertiary/aromatic N) is 2. The lowest BCUT2D eigenvalue weighted by molar-refractivity contribution is 0.0450. The molecule has 1 aromatic carbocycles. The zero-order valence-electron chi connectivity index (χ0n) is 11.1. The maximum absolute atomic E-state index is 13.3. The number of likely N-dealkylation sites (tertiary alicyclic amines) is 1. The molecule has 0 amide bonds. The Kier molecular flexibility index (Phi) is 4.52. The van der Waals surface area contributed by atoms with E-state index in [2.05, 4.69) is 17.9 Å². The van der Waals surface area contributed by atoms with Gasteiger partial charge in [-0.1, -0.05) is 6.42 Å². The molecule has 2 rings (SSSR count). The predicted octanol–water partition coefficient (Wildman–Crippen LogP) is 2.43. The summed E-state index contributed by atoms with van der Waals surface area (Å²) in [4.78, 5) is 2.18. The third kappa shape index (κ3) is 3.12. The van der Waals surface area contributed by atoms with Crippen molar-refractivity contribution in [2.24, 2.45) is 0 Å². The molecule has 1 heterocycles. The van der Waals surface area contributed by atoms with Crippen LogP contribution >= 0.6 is 0 Å². The van der Waals surface area contributed by atoms with Crippen molar-refractivity contribution < 1.29 is 9.50 Å². The molecule has 19 heavy (non-hydrogen) atoms. The monoisotopic (exact) mass is 262 g/mol. The standard InChI is InChI=1S/C15H19FN2O/c1-11-3-2-4-15(10-19)18(11)9-13-7-14(16)6-5-12(13)8-17/h5-7,11,15,19H,2-4,9-10H2,1H3. The Balaban J connectivity index is 2.23.